The number of hydrogen-bond donors (Lipinski definition) is 0. The molecule has 0 bridgehead atoms. The Balaban J connectivity index is 2.40. The molecule has 0 aliphatic heterocycles. The molecule has 2 nitrogen and oxygen atoms in total. The zero-order valence-electron chi connectivity index (χ0n) is 9.92. The molecule has 0 aliphatic carbocycles. The fraction of sp³-hybridized carbons (Fsp3) is 0.231. The quantitative estimate of drug-likeness (QED) is 0.538. The smallest absolute Gasteiger partial charge is 0.173 e. The lowest BCUT2D eigenvalue weighted by molar-refractivity contribution is 0.340. The molecule has 0 fully saturated rings. The van der Waals surface area contributed by atoms with Crippen molar-refractivity contribution in [1.82, 2.24) is 0 Å². The molecule has 0 saturated heterocycles. The lowest BCUT2D eigenvalue weighted by Gasteiger charge is -2.14. The number of rotatable bonds is 4. The van der Waals surface area contributed by atoms with Crippen LogP contribution in [0.5, 0.6) is 5.75 Å². The summed E-state index contributed by atoms with van der Waals surface area (Å²) < 4.78 is 11.3. The van der Waals surface area contributed by atoms with E-state index in [0.717, 1.165) is 11.1 Å². The average Bonchev–Trinajstić information content (AvgIpc) is 2.79. The predicted molar refractivity (Wildman–Crippen MR) is 84.8 cm³/mol. The zero-order valence-corrected chi connectivity index (χ0v) is 14.6. The van der Waals surface area contributed by atoms with Crippen LogP contribution in [0.4, 0.5) is 0 Å². The summed E-state index contributed by atoms with van der Waals surface area (Å²) in [6.07, 6.45) is 1.61. The molecular weight excluding hydrogens is 419 g/mol. The predicted octanol–water partition coefficient (Wildman–Crippen LogP) is 6.23. The Morgan fingerprint density at radius 1 is 1.26 bits per heavy atom. The van der Waals surface area contributed by atoms with Crippen LogP contribution in [0.25, 0.3) is 0 Å². The van der Waals surface area contributed by atoms with E-state index in [0.29, 0.717) is 27.1 Å². The summed E-state index contributed by atoms with van der Waals surface area (Å²) in [5.41, 5.74) is 1.80. The second-order valence-electron chi connectivity index (χ2n) is 3.75. The van der Waals surface area contributed by atoms with E-state index in [1.54, 1.807) is 18.4 Å². The van der Waals surface area contributed by atoms with Crippen molar-refractivity contribution in [1.29, 1.82) is 0 Å². The van der Waals surface area contributed by atoms with E-state index in [9.17, 15) is 0 Å². The molecule has 1 unspecified atom stereocenters. The maximum absolute atomic E-state index is 6.29. The largest absolute Gasteiger partial charge is 0.492 e. The minimum atomic E-state index is -0.110. The van der Waals surface area contributed by atoms with Crippen LogP contribution in [0.1, 0.15) is 22.9 Å². The number of benzene rings is 1. The highest BCUT2D eigenvalue weighted by molar-refractivity contribution is 9.10. The minimum Gasteiger partial charge on any atom is -0.492 e. The average molecular weight is 429 g/mol. The minimum absolute atomic E-state index is 0.110. The number of hydrogen-bond acceptors (Lipinski definition) is 2. The van der Waals surface area contributed by atoms with Gasteiger partial charge < -0.3 is 9.15 Å². The van der Waals surface area contributed by atoms with Crippen LogP contribution in [-0.4, -0.2) is 6.61 Å². The van der Waals surface area contributed by atoms with Crippen LogP contribution < -0.4 is 4.74 Å². The molecule has 0 aliphatic rings. The van der Waals surface area contributed by atoms with Crippen molar-refractivity contribution in [2.75, 3.05) is 6.61 Å². The number of furan rings is 1. The Labute approximate surface area is 138 Å². The Kier molecular flexibility index (Phi) is 5.23. The lowest BCUT2D eigenvalue weighted by Crippen LogP contribution is -1.97. The highest BCUT2D eigenvalue weighted by Crippen LogP contribution is 2.42. The molecule has 1 aromatic carbocycles. The summed E-state index contributed by atoms with van der Waals surface area (Å²) in [6.45, 7) is 2.44. The van der Waals surface area contributed by atoms with Crippen LogP contribution in [0.15, 0.2) is 33.5 Å². The van der Waals surface area contributed by atoms with Gasteiger partial charge in [0.2, 0.25) is 0 Å². The van der Waals surface area contributed by atoms with Crippen LogP contribution in [0.2, 0.25) is 10.0 Å². The standard InChI is InChI=1S/C13H10Br2Cl2O2/c1-2-18-11-6-9(16)8(5-10(11)17)12(14)7-3-4-19-13(7)15/h3-6,12H,2H2,1H3. The summed E-state index contributed by atoms with van der Waals surface area (Å²) in [5.74, 6) is 0.587. The van der Waals surface area contributed by atoms with Gasteiger partial charge in [0.25, 0.3) is 0 Å². The van der Waals surface area contributed by atoms with Crippen LogP contribution in [0.3, 0.4) is 0 Å². The second-order valence-corrected chi connectivity index (χ2v) is 6.20. The normalized spacial score (nSPS) is 12.5. The highest BCUT2D eigenvalue weighted by atomic mass is 79.9. The molecule has 19 heavy (non-hydrogen) atoms. The Morgan fingerprint density at radius 2 is 2.00 bits per heavy atom. The van der Waals surface area contributed by atoms with E-state index in [2.05, 4.69) is 31.9 Å². The van der Waals surface area contributed by atoms with Crippen molar-refractivity contribution >= 4 is 55.1 Å². The SMILES string of the molecule is CCOc1cc(Cl)c(C(Br)c2ccoc2Br)cc1Cl. The van der Waals surface area contributed by atoms with Gasteiger partial charge in [-0.25, -0.2) is 0 Å². The molecule has 1 atom stereocenters. The van der Waals surface area contributed by atoms with Gasteiger partial charge in [0.1, 0.15) is 5.75 Å². The van der Waals surface area contributed by atoms with Crippen molar-refractivity contribution in [2.24, 2.45) is 0 Å². The third kappa shape index (κ3) is 3.30. The first-order valence-electron chi connectivity index (χ1n) is 5.53. The van der Waals surface area contributed by atoms with E-state index >= 15 is 0 Å². The number of alkyl halides is 1. The molecular formula is C13H10Br2Cl2O2. The molecule has 0 spiro atoms. The maximum atomic E-state index is 6.29. The van der Waals surface area contributed by atoms with Crippen molar-refractivity contribution in [2.45, 2.75) is 11.8 Å². The maximum Gasteiger partial charge on any atom is 0.173 e. The summed E-state index contributed by atoms with van der Waals surface area (Å²) >= 11 is 19.4. The molecule has 0 N–H and O–H groups in total. The van der Waals surface area contributed by atoms with Crippen LogP contribution in [-0.2, 0) is 0 Å². The Hall–Kier alpha value is -0.160. The van der Waals surface area contributed by atoms with Gasteiger partial charge in [-0.15, -0.1) is 0 Å². The zero-order chi connectivity index (χ0) is 14.0. The molecule has 102 valence electrons. The molecule has 0 radical (unpaired) electrons. The number of halogens is 4. The van der Waals surface area contributed by atoms with Gasteiger partial charge in [0, 0.05) is 16.7 Å². The Bertz CT molecular complexity index is 584. The van der Waals surface area contributed by atoms with Crippen molar-refractivity contribution in [3.05, 3.63) is 50.3 Å². The molecule has 1 heterocycles. The number of ether oxygens (including phenoxy) is 1. The topological polar surface area (TPSA) is 22.4 Å². The third-order valence-corrected chi connectivity index (χ3v) is 4.80. The Morgan fingerprint density at radius 3 is 2.58 bits per heavy atom. The molecule has 1 aromatic heterocycles. The van der Waals surface area contributed by atoms with E-state index < -0.39 is 0 Å². The van der Waals surface area contributed by atoms with Gasteiger partial charge in [0.05, 0.1) is 22.7 Å². The lowest BCUT2D eigenvalue weighted by atomic mass is 10.1. The first-order chi connectivity index (χ1) is 9.04. The van der Waals surface area contributed by atoms with Gasteiger partial charge in [-0.1, -0.05) is 39.1 Å². The molecule has 6 heteroatoms. The van der Waals surface area contributed by atoms with Gasteiger partial charge in [-0.2, -0.15) is 0 Å². The summed E-state index contributed by atoms with van der Waals surface area (Å²) in [5, 5.41) is 1.12. The molecule has 2 aromatic rings. The van der Waals surface area contributed by atoms with E-state index in [-0.39, 0.29) is 4.83 Å². The monoisotopic (exact) mass is 426 g/mol. The molecule has 0 amide bonds. The summed E-state index contributed by atoms with van der Waals surface area (Å²) in [7, 11) is 0. The van der Waals surface area contributed by atoms with E-state index in [4.69, 9.17) is 32.4 Å². The summed E-state index contributed by atoms with van der Waals surface area (Å²) in [4.78, 5) is -0.110. The van der Waals surface area contributed by atoms with Gasteiger partial charge >= 0.3 is 0 Å². The van der Waals surface area contributed by atoms with Gasteiger partial charge in [-0.05, 0) is 40.5 Å². The fourth-order valence-corrected chi connectivity index (χ4v) is 3.79. The van der Waals surface area contributed by atoms with Crippen molar-refractivity contribution < 1.29 is 9.15 Å². The summed E-state index contributed by atoms with van der Waals surface area (Å²) in [6, 6.07) is 5.39. The van der Waals surface area contributed by atoms with Crippen LogP contribution in [0, 0.1) is 0 Å². The highest BCUT2D eigenvalue weighted by Gasteiger charge is 2.20. The van der Waals surface area contributed by atoms with Crippen LogP contribution >= 0.6 is 55.1 Å². The fourth-order valence-electron chi connectivity index (χ4n) is 1.66. The van der Waals surface area contributed by atoms with E-state index in [1.165, 1.54) is 0 Å². The molecule has 0 saturated carbocycles. The third-order valence-electron chi connectivity index (χ3n) is 2.54. The first-order valence-corrected chi connectivity index (χ1v) is 7.99. The van der Waals surface area contributed by atoms with E-state index in [1.807, 2.05) is 13.0 Å². The van der Waals surface area contributed by atoms with Gasteiger partial charge in [0.15, 0.2) is 4.67 Å². The van der Waals surface area contributed by atoms with Gasteiger partial charge in [-0.3, -0.25) is 0 Å². The van der Waals surface area contributed by atoms with Crippen molar-refractivity contribution in [3.8, 4) is 5.75 Å². The second kappa shape index (κ2) is 6.53. The first kappa shape index (κ1) is 15.2. The molecule has 2 rings (SSSR count). The van der Waals surface area contributed by atoms with Crippen molar-refractivity contribution in [3.63, 3.8) is 0 Å².